The zero-order chi connectivity index (χ0) is 20.1. The number of piperidine rings is 1. The van der Waals surface area contributed by atoms with Crippen molar-refractivity contribution < 1.29 is 9.53 Å². The first-order valence-corrected chi connectivity index (χ1v) is 11.5. The maximum absolute atomic E-state index is 12.6. The predicted molar refractivity (Wildman–Crippen MR) is 129 cm³/mol. The van der Waals surface area contributed by atoms with Crippen molar-refractivity contribution in [1.29, 1.82) is 0 Å². The van der Waals surface area contributed by atoms with Crippen molar-refractivity contribution in [3.05, 3.63) is 0 Å². The Morgan fingerprint density at radius 3 is 2.31 bits per heavy atom. The van der Waals surface area contributed by atoms with Crippen molar-refractivity contribution in [2.75, 3.05) is 26.7 Å². The average molecular weight is 521 g/mol. The van der Waals surface area contributed by atoms with Crippen LogP contribution < -0.4 is 10.6 Å². The number of nitrogens with zero attached hydrogens (tertiary/aromatic N) is 2. The minimum Gasteiger partial charge on any atom is -0.378 e. The van der Waals surface area contributed by atoms with E-state index in [0.29, 0.717) is 29.5 Å². The molecule has 7 heteroatoms. The van der Waals surface area contributed by atoms with E-state index in [2.05, 4.69) is 41.3 Å². The van der Waals surface area contributed by atoms with Crippen LogP contribution in [0.1, 0.15) is 72.1 Å². The Morgan fingerprint density at radius 1 is 1.17 bits per heavy atom. The number of guanidine groups is 1. The highest BCUT2D eigenvalue weighted by molar-refractivity contribution is 14.0. The van der Waals surface area contributed by atoms with Crippen LogP contribution in [0.25, 0.3) is 0 Å². The second-order valence-electron chi connectivity index (χ2n) is 8.79. The molecule has 1 heterocycles. The van der Waals surface area contributed by atoms with Crippen LogP contribution in [0.4, 0.5) is 0 Å². The van der Waals surface area contributed by atoms with E-state index in [0.717, 1.165) is 57.8 Å². The SMILES string of the molecule is CCOC1CC(NC(=NC)NC2CCN(C(=O)C(CC)CC)CC2)C12CCC2.I. The molecule has 2 N–H and O–H groups in total. The minimum absolute atomic E-state index is 0. The standard InChI is InChI=1S/C22H40N4O2.HI/c1-5-16(6-2)20(27)26-13-9-17(10-14-26)24-21(23-4)25-18-15-19(28-7-3)22(18)11-8-12-22;/h16-19H,5-15H2,1-4H3,(H2,23,24,25);1H. The van der Waals surface area contributed by atoms with E-state index in [-0.39, 0.29) is 29.9 Å². The van der Waals surface area contributed by atoms with Gasteiger partial charge >= 0.3 is 0 Å². The number of carbonyl (C=O) groups excluding carboxylic acids is 1. The van der Waals surface area contributed by atoms with E-state index < -0.39 is 0 Å². The van der Waals surface area contributed by atoms with Gasteiger partial charge in [-0.05, 0) is 51.9 Å². The highest BCUT2D eigenvalue weighted by Gasteiger charge is 2.59. The lowest BCUT2D eigenvalue weighted by Gasteiger charge is -2.61. The number of hydrogen-bond acceptors (Lipinski definition) is 3. The molecule has 2 aliphatic carbocycles. The van der Waals surface area contributed by atoms with Crippen LogP contribution in [0.5, 0.6) is 0 Å². The molecular formula is C22H41IN4O2. The largest absolute Gasteiger partial charge is 0.378 e. The summed E-state index contributed by atoms with van der Waals surface area (Å²) in [5, 5.41) is 7.29. The molecule has 2 saturated carbocycles. The Hall–Kier alpha value is -0.570. The topological polar surface area (TPSA) is 66.0 Å². The molecule has 0 radical (unpaired) electrons. The molecule has 3 rings (SSSR count). The first-order chi connectivity index (χ1) is 13.6. The van der Waals surface area contributed by atoms with Gasteiger partial charge in [-0.1, -0.05) is 20.3 Å². The Morgan fingerprint density at radius 2 is 1.83 bits per heavy atom. The summed E-state index contributed by atoms with van der Waals surface area (Å²) in [7, 11) is 1.85. The summed E-state index contributed by atoms with van der Waals surface area (Å²) < 4.78 is 5.97. The normalized spacial score (nSPS) is 26.5. The van der Waals surface area contributed by atoms with Crippen LogP contribution in [0, 0.1) is 11.3 Å². The molecule has 1 amide bonds. The molecule has 2 unspecified atom stereocenters. The number of rotatable bonds is 7. The van der Waals surface area contributed by atoms with E-state index in [1.165, 1.54) is 19.3 Å². The fourth-order valence-corrected chi connectivity index (χ4v) is 5.31. The lowest BCUT2D eigenvalue weighted by molar-refractivity contribution is -0.168. The Balaban J connectivity index is 0.00000300. The summed E-state index contributed by atoms with van der Waals surface area (Å²) in [6.07, 6.45) is 9.21. The Kier molecular flexibility index (Phi) is 9.51. The van der Waals surface area contributed by atoms with Gasteiger partial charge in [0, 0.05) is 50.2 Å². The van der Waals surface area contributed by atoms with Crippen LogP contribution in [0.15, 0.2) is 4.99 Å². The van der Waals surface area contributed by atoms with Crippen LogP contribution in [0.2, 0.25) is 0 Å². The van der Waals surface area contributed by atoms with Crippen LogP contribution in [-0.4, -0.2) is 61.7 Å². The molecule has 3 fully saturated rings. The summed E-state index contributed by atoms with van der Waals surface area (Å²) >= 11 is 0. The van der Waals surface area contributed by atoms with Gasteiger partial charge in [0.1, 0.15) is 0 Å². The number of likely N-dealkylation sites (tertiary alicyclic amines) is 1. The summed E-state index contributed by atoms with van der Waals surface area (Å²) in [4.78, 5) is 19.1. The molecule has 0 bridgehead atoms. The lowest BCUT2D eigenvalue weighted by atomic mass is 9.51. The number of ether oxygens (including phenoxy) is 1. The number of halogens is 1. The van der Waals surface area contributed by atoms with Crippen LogP contribution in [0.3, 0.4) is 0 Å². The first kappa shape index (κ1) is 24.7. The summed E-state index contributed by atoms with van der Waals surface area (Å²) in [6, 6.07) is 0.859. The molecule has 0 aromatic carbocycles. The smallest absolute Gasteiger partial charge is 0.225 e. The van der Waals surface area contributed by atoms with E-state index in [4.69, 9.17) is 4.74 Å². The van der Waals surface area contributed by atoms with Crippen molar-refractivity contribution in [1.82, 2.24) is 15.5 Å². The summed E-state index contributed by atoms with van der Waals surface area (Å²) in [5.74, 6) is 1.44. The third-order valence-electron chi connectivity index (χ3n) is 7.45. The number of aliphatic imine (C=N–C) groups is 1. The molecule has 2 atom stereocenters. The molecule has 0 aromatic heterocycles. The average Bonchev–Trinajstić information content (AvgIpc) is 2.66. The number of nitrogens with one attached hydrogen (secondary N) is 2. The summed E-state index contributed by atoms with van der Waals surface area (Å²) in [6.45, 7) is 8.82. The van der Waals surface area contributed by atoms with E-state index in [1.54, 1.807) is 0 Å². The van der Waals surface area contributed by atoms with E-state index in [9.17, 15) is 4.79 Å². The van der Waals surface area contributed by atoms with Crippen molar-refractivity contribution in [2.45, 2.75) is 90.3 Å². The lowest BCUT2D eigenvalue weighted by Crippen LogP contribution is -2.69. The Labute approximate surface area is 194 Å². The third-order valence-corrected chi connectivity index (χ3v) is 7.45. The molecule has 3 aliphatic rings. The molecule has 1 aliphatic heterocycles. The van der Waals surface area contributed by atoms with Gasteiger partial charge in [-0.25, -0.2) is 0 Å². The highest BCUT2D eigenvalue weighted by atomic mass is 127. The van der Waals surface area contributed by atoms with Crippen LogP contribution >= 0.6 is 24.0 Å². The Bertz CT molecular complexity index is 555. The molecule has 0 aromatic rings. The molecular weight excluding hydrogens is 479 g/mol. The molecule has 1 saturated heterocycles. The van der Waals surface area contributed by atoms with Gasteiger partial charge in [-0.3, -0.25) is 9.79 Å². The zero-order valence-electron chi connectivity index (χ0n) is 18.7. The fourth-order valence-electron chi connectivity index (χ4n) is 5.31. The third kappa shape index (κ3) is 5.20. The molecule has 29 heavy (non-hydrogen) atoms. The maximum atomic E-state index is 12.6. The predicted octanol–water partition coefficient (Wildman–Crippen LogP) is 3.54. The van der Waals surface area contributed by atoms with E-state index in [1.807, 2.05) is 7.05 Å². The van der Waals surface area contributed by atoms with Crippen molar-refractivity contribution in [3.63, 3.8) is 0 Å². The minimum atomic E-state index is 0. The van der Waals surface area contributed by atoms with Crippen molar-refractivity contribution in [2.24, 2.45) is 16.3 Å². The van der Waals surface area contributed by atoms with Gasteiger partial charge in [0.05, 0.1) is 6.10 Å². The van der Waals surface area contributed by atoms with E-state index >= 15 is 0 Å². The highest BCUT2D eigenvalue weighted by Crippen LogP contribution is 2.57. The number of carbonyl (C=O) groups is 1. The number of amides is 1. The zero-order valence-corrected chi connectivity index (χ0v) is 21.0. The maximum Gasteiger partial charge on any atom is 0.225 e. The molecule has 6 nitrogen and oxygen atoms in total. The molecule has 168 valence electrons. The monoisotopic (exact) mass is 520 g/mol. The second-order valence-corrected chi connectivity index (χ2v) is 8.79. The second kappa shape index (κ2) is 11.2. The van der Waals surface area contributed by atoms with Crippen LogP contribution in [-0.2, 0) is 9.53 Å². The quantitative estimate of drug-likeness (QED) is 0.306. The van der Waals surface area contributed by atoms with Gasteiger partial charge < -0.3 is 20.3 Å². The fraction of sp³-hybridized carbons (Fsp3) is 0.909. The van der Waals surface area contributed by atoms with Gasteiger partial charge in [0.25, 0.3) is 0 Å². The van der Waals surface area contributed by atoms with Gasteiger partial charge in [0.15, 0.2) is 5.96 Å². The van der Waals surface area contributed by atoms with Crippen molar-refractivity contribution >= 4 is 35.8 Å². The van der Waals surface area contributed by atoms with Crippen molar-refractivity contribution in [3.8, 4) is 0 Å². The van der Waals surface area contributed by atoms with Gasteiger partial charge in [0.2, 0.25) is 5.91 Å². The number of hydrogen-bond donors (Lipinski definition) is 2. The summed E-state index contributed by atoms with van der Waals surface area (Å²) in [5.41, 5.74) is 0.332. The van der Waals surface area contributed by atoms with Gasteiger partial charge in [-0.15, -0.1) is 24.0 Å². The van der Waals surface area contributed by atoms with Gasteiger partial charge in [-0.2, -0.15) is 0 Å². The molecule has 1 spiro atoms. The first-order valence-electron chi connectivity index (χ1n) is 11.5.